The van der Waals surface area contributed by atoms with Crippen LogP contribution in [0.25, 0.3) is 16.8 Å². The van der Waals surface area contributed by atoms with Gasteiger partial charge in [-0.05, 0) is 5.92 Å². The number of halogens is 3. The maximum atomic E-state index is 4.93. The molecule has 26 heavy (non-hydrogen) atoms. The van der Waals surface area contributed by atoms with Crippen LogP contribution < -0.4 is 0 Å². The van der Waals surface area contributed by atoms with Crippen LogP contribution in [-0.4, -0.2) is 9.91 Å². The summed E-state index contributed by atoms with van der Waals surface area (Å²) in [5.41, 5.74) is 4.31. The van der Waals surface area contributed by atoms with Crippen LogP contribution in [0.4, 0.5) is 0 Å². The van der Waals surface area contributed by atoms with Crippen LogP contribution in [0.5, 0.6) is 0 Å². The van der Waals surface area contributed by atoms with Gasteiger partial charge in [0, 0.05) is 5.75 Å². The van der Waals surface area contributed by atoms with E-state index in [1.807, 2.05) is 17.8 Å². The van der Waals surface area contributed by atoms with Gasteiger partial charge in [0.05, 0.1) is 4.16 Å². The van der Waals surface area contributed by atoms with Crippen molar-refractivity contribution in [1.29, 1.82) is 0 Å². The van der Waals surface area contributed by atoms with E-state index in [9.17, 15) is 0 Å². The second-order valence-corrected chi connectivity index (χ2v) is 12.1. The number of hydrogen-bond acceptors (Lipinski definition) is 2. The number of alkyl halides is 1. The van der Waals surface area contributed by atoms with Gasteiger partial charge >= 0.3 is 37.9 Å². The molecule has 0 bridgehead atoms. The minimum Gasteiger partial charge on any atom is -0.813 e. The van der Waals surface area contributed by atoms with Crippen LogP contribution in [0.15, 0.2) is 66.2 Å². The summed E-state index contributed by atoms with van der Waals surface area (Å²) < 4.78 is 0.566. The largest absolute Gasteiger partial charge is 0.813 e. The van der Waals surface area contributed by atoms with Gasteiger partial charge in [-0.3, -0.25) is 0 Å². The molecule has 2 unspecified atom stereocenters. The van der Waals surface area contributed by atoms with Gasteiger partial charge in [0.25, 0.3) is 0 Å². The summed E-state index contributed by atoms with van der Waals surface area (Å²) in [7, 11) is 9.87. The Morgan fingerprint density at radius 1 is 1.15 bits per heavy atom. The molecule has 2 aliphatic rings. The molecule has 1 heterocycles. The molecule has 0 radical (unpaired) electrons. The van der Waals surface area contributed by atoms with Crippen molar-refractivity contribution in [3.8, 4) is 0 Å². The van der Waals surface area contributed by atoms with E-state index in [0.717, 1.165) is 0 Å². The first-order valence-electron chi connectivity index (χ1n) is 7.78. The molecule has 0 nitrogen and oxygen atoms in total. The van der Waals surface area contributed by atoms with E-state index in [4.69, 9.17) is 17.0 Å². The van der Waals surface area contributed by atoms with Gasteiger partial charge in [0.1, 0.15) is 0 Å². The van der Waals surface area contributed by atoms with E-state index >= 15 is 0 Å². The Morgan fingerprint density at radius 3 is 2.69 bits per heavy atom. The van der Waals surface area contributed by atoms with E-state index in [2.05, 4.69) is 82.7 Å². The zero-order valence-electron chi connectivity index (χ0n) is 13.7. The first kappa shape index (κ1) is 22.7. The Hall–Kier alpha value is 0.433. The number of fused-ring (bicyclic) bond motifs is 4. The average Bonchev–Trinajstić information content (AvgIpc) is 3.32. The van der Waals surface area contributed by atoms with Crippen molar-refractivity contribution in [3.63, 3.8) is 0 Å². The maximum Gasteiger partial charge on any atom is -0.0809 e. The molecule has 1 aliphatic carbocycles. The van der Waals surface area contributed by atoms with Crippen molar-refractivity contribution in [2.75, 3.05) is 5.75 Å². The van der Waals surface area contributed by atoms with Gasteiger partial charge in [-0.25, -0.2) is 0 Å². The molecule has 5 rings (SSSR count). The molecule has 0 saturated carbocycles. The van der Waals surface area contributed by atoms with E-state index in [0.29, 0.717) is 10.1 Å². The van der Waals surface area contributed by atoms with Crippen LogP contribution >= 0.6 is 44.7 Å². The summed E-state index contributed by atoms with van der Waals surface area (Å²) in [5.74, 6) is 1.78. The van der Waals surface area contributed by atoms with Crippen molar-refractivity contribution < 1.29 is 20.8 Å². The fourth-order valence-corrected chi connectivity index (χ4v) is 5.27. The van der Waals surface area contributed by atoms with E-state index < -0.39 is 20.8 Å². The van der Waals surface area contributed by atoms with Crippen LogP contribution in [0.1, 0.15) is 17.0 Å². The molecule has 6 heteroatoms. The van der Waals surface area contributed by atoms with Gasteiger partial charge < -0.3 is 13.5 Å². The van der Waals surface area contributed by atoms with Crippen molar-refractivity contribution in [2.24, 2.45) is 0 Å². The van der Waals surface area contributed by atoms with E-state index in [1.165, 1.54) is 27.7 Å². The van der Waals surface area contributed by atoms with Gasteiger partial charge in [0.15, 0.2) is 0 Å². The summed E-state index contributed by atoms with van der Waals surface area (Å²) >= 11 is 4.89. The van der Waals surface area contributed by atoms with Gasteiger partial charge in [-0.15, -0.1) is 88.5 Å². The summed E-state index contributed by atoms with van der Waals surface area (Å²) in [5, 5.41) is 2.66. The first-order chi connectivity index (χ1) is 12.2. The molecular weight excluding hydrogens is 546 g/mol. The van der Waals surface area contributed by atoms with Crippen LogP contribution in [0, 0.1) is 6.07 Å². The van der Waals surface area contributed by atoms with E-state index in [-0.39, 0.29) is 13.5 Å². The Labute approximate surface area is 193 Å². The molecule has 136 valence electrons. The van der Waals surface area contributed by atoms with Crippen molar-refractivity contribution >= 4 is 75.1 Å². The zero-order valence-corrected chi connectivity index (χ0v) is 21.0. The molecule has 1 saturated heterocycles. The van der Waals surface area contributed by atoms with Crippen molar-refractivity contribution in [3.05, 3.63) is 83.4 Å². The fraction of sp³-hybridized carbons (Fsp3) is 0.150. The number of rotatable bonds is 0. The molecular formula is C20H16BrCl2S2Zr-3. The Morgan fingerprint density at radius 2 is 1.92 bits per heavy atom. The topological polar surface area (TPSA) is 0 Å². The third kappa shape index (κ3) is 5.49. The molecule has 1 aliphatic heterocycles. The number of benzene rings is 2. The van der Waals surface area contributed by atoms with Crippen LogP contribution in [-0.2, 0) is 34.3 Å². The minimum atomic E-state index is -0.826. The average molecular weight is 563 g/mol. The molecule has 0 spiro atoms. The third-order valence-corrected chi connectivity index (χ3v) is 6.62. The molecule has 2 atom stereocenters. The summed E-state index contributed by atoms with van der Waals surface area (Å²) in [6, 6.07) is 24.3. The fourth-order valence-electron chi connectivity index (χ4n) is 3.12. The number of hydrogen-bond donors (Lipinski definition) is 0. The summed E-state index contributed by atoms with van der Waals surface area (Å²) in [6.45, 7) is 0. The van der Waals surface area contributed by atoms with E-state index in [1.54, 1.807) is 5.57 Å². The second-order valence-electron chi connectivity index (χ2n) is 5.62. The minimum absolute atomic E-state index is 0. The zero-order chi connectivity index (χ0) is 17.6. The monoisotopic (exact) mass is 559 g/mol. The standard InChI is InChI=1S/C11H8BrS.C9H7.2ClH.H2S.Zr/c12-11-10-8(6-13-11)5-7-3-1-2-4-9(7)10;1-2-5-9-7-3-6-8(9)4-1;;;;/h1-2,4-5,10-11H,6H2;1-7H;2*1H;1H2;/q2*-1;;;;+2/p-3. The quantitative estimate of drug-likeness (QED) is 0.124. The van der Waals surface area contributed by atoms with Gasteiger partial charge in [0.2, 0.25) is 0 Å². The molecule has 0 aromatic heterocycles. The smallest absolute Gasteiger partial charge is 0.0809 e. The molecule has 0 amide bonds. The van der Waals surface area contributed by atoms with Crippen LogP contribution in [0.2, 0.25) is 0 Å². The summed E-state index contributed by atoms with van der Waals surface area (Å²) in [4.78, 5) is 0. The predicted octanol–water partition coefficient (Wildman–Crippen LogP) is 7.10. The molecule has 0 N–H and O–H groups in total. The normalized spacial score (nSPS) is 19.0. The Bertz CT molecular complexity index is 835. The van der Waals surface area contributed by atoms with Gasteiger partial charge in [-0.1, -0.05) is 22.0 Å². The third-order valence-electron chi connectivity index (χ3n) is 4.20. The second kappa shape index (κ2) is 11.4. The number of thiol groups is 1. The van der Waals surface area contributed by atoms with Gasteiger partial charge in [-0.2, -0.15) is 17.5 Å². The number of thioether (sulfide) groups is 1. The SMILES string of the molecule is BrC1SCC2=Cc3[c-]cccc3C21.[Cl][Zr][Cl].[SH-].c1ccc2[cH-]ccc2c1. The Kier molecular flexibility index (Phi) is 10.00. The predicted molar refractivity (Wildman–Crippen MR) is 121 cm³/mol. The maximum absolute atomic E-state index is 4.93. The van der Waals surface area contributed by atoms with Crippen molar-refractivity contribution in [2.45, 2.75) is 10.1 Å². The van der Waals surface area contributed by atoms with Crippen molar-refractivity contribution in [1.82, 2.24) is 0 Å². The Balaban J connectivity index is 0.000000165. The first-order valence-corrected chi connectivity index (χ1v) is 16.1. The summed E-state index contributed by atoms with van der Waals surface area (Å²) in [6.07, 6.45) is 2.30. The molecule has 3 aromatic rings. The molecule has 3 aromatic carbocycles. The molecule has 1 fully saturated rings. The van der Waals surface area contributed by atoms with Crippen LogP contribution in [0.3, 0.4) is 0 Å².